The molecule has 1 aliphatic heterocycles. The molecule has 6 heteroatoms. The van der Waals surface area contributed by atoms with Crippen LogP contribution in [0.5, 0.6) is 5.75 Å². The molecule has 6 nitrogen and oxygen atoms in total. The average Bonchev–Trinajstić information content (AvgIpc) is 2.84. The Hall–Kier alpha value is -3.28. The van der Waals surface area contributed by atoms with Crippen molar-refractivity contribution in [1.82, 2.24) is 10.6 Å². The summed E-state index contributed by atoms with van der Waals surface area (Å²) in [5.41, 5.74) is 2.72. The molecule has 26 heavy (non-hydrogen) atoms. The number of amides is 2. The molecule has 0 saturated heterocycles. The van der Waals surface area contributed by atoms with Crippen molar-refractivity contribution >= 4 is 17.6 Å². The minimum absolute atomic E-state index is 0.148. The normalized spacial score (nSPS) is 16.8. The fraction of sp³-hybridized carbons (Fsp3) is 0.200. The van der Waals surface area contributed by atoms with Crippen molar-refractivity contribution in [3.63, 3.8) is 0 Å². The number of aromatic hydroxyl groups is 1. The second kappa shape index (κ2) is 8.20. The van der Waals surface area contributed by atoms with Crippen LogP contribution in [0, 0.1) is 0 Å². The Balaban J connectivity index is 1.58. The van der Waals surface area contributed by atoms with E-state index in [9.17, 15) is 14.7 Å². The molecular formula is C20H20N2O4. The number of hydrogen-bond acceptors (Lipinski definition) is 4. The molecular weight excluding hydrogens is 332 g/mol. The van der Waals surface area contributed by atoms with Gasteiger partial charge in [0.05, 0.1) is 0 Å². The van der Waals surface area contributed by atoms with Gasteiger partial charge in [-0.1, -0.05) is 48.5 Å². The van der Waals surface area contributed by atoms with Gasteiger partial charge in [0.25, 0.3) is 0 Å². The fourth-order valence-electron chi connectivity index (χ4n) is 2.67. The van der Waals surface area contributed by atoms with Crippen LogP contribution in [-0.4, -0.2) is 29.7 Å². The largest absolute Gasteiger partial charge is 0.508 e. The van der Waals surface area contributed by atoms with Crippen LogP contribution in [0.25, 0.3) is 5.57 Å². The Kier molecular flexibility index (Phi) is 5.53. The van der Waals surface area contributed by atoms with Gasteiger partial charge in [-0.2, -0.15) is 0 Å². The molecule has 0 saturated carbocycles. The van der Waals surface area contributed by atoms with Crippen molar-refractivity contribution in [3.05, 3.63) is 71.8 Å². The molecule has 3 N–H and O–H groups in total. The number of nitrogens with one attached hydrogen (secondary N) is 2. The average molecular weight is 352 g/mol. The topological polar surface area (TPSA) is 87.7 Å². The van der Waals surface area contributed by atoms with Gasteiger partial charge >= 0.3 is 6.09 Å². The number of phenolic OH excluding ortho intramolecular Hbond substituents is 1. The number of carbonyl (C=O) groups excluding carboxylic acids is 2. The zero-order valence-electron chi connectivity index (χ0n) is 14.1. The van der Waals surface area contributed by atoms with E-state index in [4.69, 9.17) is 4.74 Å². The third kappa shape index (κ3) is 4.63. The summed E-state index contributed by atoms with van der Waals surface area (Å²) >= 11 is 0. The predicted octanol–water partition coefficient (Wildman–Crippen LogP) is 2.59. The van der Waals surface area contributed by atoms with E-state index >= 15 is 0 Å². The van der Waals surface area contributed by atoms with E-state index in [0.717, 1.165) is 16.7 Å². The van der Waals surface area contributed by atoms with Crippen molar-refractivity contribution < 1.29 is 19.4 Å². The fourth-order valence-corrected chi connectivity index (χ4v) is 2.67. The number of phenols is 1. The Morgan fingerprint density at radius 3 is 2.62 bits per heavy atom. The molecule has 1 heterocycles. The van der Waals surface area contributed by atoms with Crippen LogP contribution in [-0.2, 0) is 16.1 Å². The summed E-state index contributed by atoms with van der Waals surface area (Å²) in [5, 5.41) is 14.8. The Labute approximate surface area is 151 Å². The van der Waals surface area contributed by atoms with E-state index in [0.29, 0.717) is 13.0 Å². The van der Waals surface area contributed by atoms with E-state index in [1.54, 1.807) is 24.3 Å². The summed E-state index contributed by atoms with van der Waals surface area (Å²) in [7, 11) is 0. The van der Waals surface area contributed by atoms with E-state index in [1.807, 2.05) is 36.4 Å². The molecule has 2 amide bonds. The van der Waals surface area contributed by atoms with Gasteiger partial charge in [0, 0.05) is 6.54 Å². The summed E-state index contributed by atoms with van der Waals surface area (Å²) in [6.45, 7) is 0.510. The number of hydrogen-bond donors (Lipinski definition) is 3. The van der Waals surface area contributed by atoms with Crippen molar-refractivity contribution in [2.24, 2.45) is 0 Å². The first-order valence-electron chi connectivity index (χ1n) is 8.35. The molecule has 0 radical (unpaired) electrons. The highest BCUT2D eigenvalue weighted by molar-refractivity contribution is 5.88. The Bertz CT molecular complexity index is 800. The SMILES string of the molecule is O=C(N[C@@H]1CC=C(c2ccc(O)cc2)CNC1=O)OCc1ccccc1. The number of benzene rings is 2. The lowest BCUT2D eigenvalue weighted by Crippen LogP contribution is -2.45. The van der Waals surface area contributed by atoms with Crippen LogP contribution in [0.1, 0.15) is 17.5 Å². The first-order valence-corrected chi connectivity index (χ1v) is 8.35. The van der Waals surface area contributed by atoms with E-state index in [-0.39, 0.29) is 18.3 Å². The smallest absolute Gasteiger partial charge is 0.408 e. The van der Waals surface area contributed by atoms with Crippen molar-refractivity contribution in [1.29, 1.82) is 0 Å². The van der Waals surface area contributed by atoms with Crippen LogP contribution in [0.2, 0.25) is 0 Å². The van der Waals surface area contributed by atoms with Crippen LogP contribution >= 0.6 is 0 Å². The first kappa shape index (κ1) is 17.5. The maximum atomic E-state index is 12.2. The molecule has 1 aliphatic rings. The van der Waals surface area contributed by atoms with Crippen molar-refractivity contribution in [3.8, 4) is 5.75 Å². The minimum atomic E-state index is -0.687. The van der Waals surface area contributed by atoms with Crippen LogP contribution in [0.3, 0.4) is 0 Å². The molecule has 3 rings (SSSR count). The van der Waals surface area contributed by atoms with Gasteiger partial charge in [-0.25, -0.2) is 4.79 Å². The van der Waals surface area contributed by atoms with E-state index < -0.39 is 12.1 Å². The third-order valence-corrected chi connectivity index (χ3v) is 4.11. The second-order valence-electron chi connectivity index (χ2n) is 5.99. The molecule has 134 valence electrons. The first-order chi connectivity index (χ1) is 12.6. The van der Waals surface area contributed by atoms with Gasteiger partial charge in [0.2, 0.25) is 5.91 Å². The van der Waals surface area contributed by atoms with E-state index in [2.05, 4.69) is 10.6 Å². The lowest BCUT2D eigenvalue weighted by Gasteiger charge is -2.14. The summed E-state index contributed by atoms with van der Waals surface area (Å²) in [6.07, 6.45) is 1.64. The molecule has 0 aliphatic carbocycles. The molecule has 1 atom stereocenters. The summed E-state index contributed by atoms with van der Waals surface area (Å²) in [4.78, 5) is 24.2. The maximum Gasteiger partial charge on any atom is 0.408 e. The number of ether oxygens (including phenoxy) is 1. The minimum Gasteiger partial charge on any atom is -0.508 e. The highest BCUT2D eigenvalue weighted by Crippen LogP contribution is 2.20. The predicted molar refractivity (Wildman–Crippen MR) is 97.3 cm³/mol. The molecule has 0 aromatic heterocycles. The van der Waals surface area contributed by atoms with Gasteiger partial charge in [0.1, 0.15) is 18.4 Å². The molecule has 2 aromatic rings. The number of carbonyl (C=O) groups is 2. The second-order valence-corrected chi connectivity index (χ2v) is 5.99. The summed E-state index contributed by atoms with van der Waals surface area (Å²) in [5.74, 6) is -0.0700. The standard InChI is InChI=1S/C20H20N2O4/c23-17-9-6-15(7-10-17)16-8-11-18(19(24)21-12-16)22-20(25)26-13-14-4-2-1-3-5-14/h1-10,18,23H,11-13H2,(H,21,24)(H,22,25)/t18-/m1/s1. The molecule has 0 spiro atoms. The highest BCUT2D eigenvalue weighted by Gasteiger charge is 2.23. The van der Waals surface area contributed by atoms with Crippen LogP contribution < -0.4 is 10.6 Å². The van der Waals surface area contributed by atoms with Gasteiger partial charge in [-0.3, -0.25) is 4.79 Å². The van der Waals surface area contributed by atoms with Crippen molar-refractivity contribution in [2.75, 3.05) is 6.54 Å². The zero-order valence-corrected chi connectivity index (χ0v) is 14.1. The molecule has 0 bridgehead atoms. The van der Waals surface area contributed by atoms with E-state index in [1.165, 1.54) is 0 Å². The quantitative estimate of drug-likeness (QED) is 0.789. The van der Waals surface area contributed by atoms with Gasteiger partial charge in [-0.05, 0) is 35.3 Å². The zero-order chi connectivity index (χ0) is 18.4. The monoisotopic (exact) mass is 352 g/mol. The lowest BCUT2D eigenvalue weighted by molar-refractivity contribution is -0.122. The van der Waals surface area contributed by atoms with Gasteiger partial charge in [0.15, 0.2) is 0 Å². The molecule has 2 aromatic carbocycles. The number of rotatable bonds is 4. The van der Waals surface area contributed by atoms with Crippen LogP contribution in [0.15, 0.2) is 60.7 Å². The number of alkyl carbamates (subject to hydrolysis) is 1. The third-order valence-electron chi connectivity index (χ3n) is 4.11. The maximum absolute atomic E-state index is 12.2. The van der Waals surface area contributed by atoms with Crippen molar-refractivity contribution in [2.45, 2.75) is 19.1 Å². The summed E-state index contributed by atoms with van der Waals surface area (Å²) in [6, 6.07) is 15.4. The van der Waals surface area contributed by atoms with Gasteiger partial charge in [-0.15, -0.1) is 0 Å². The lowest BCUT2D eigenvalue weighted by atomic mass is 10.0. The van der Waals surface area contributed by atoms with Gasteiger partial charge < -0.3 is 20.5 Å². The Morgan fingerprint density at radius 1 is 1.15 bits per heavy atom. The Morgan fingerprint density at radius 2 is 1.88 bits per heavy atom. The summed E-state index contributed by atoms with van der Waals surface area (Å²) < 4.78 is 5.17. The van der Waals surface area contributed by atoms with Crippen LogP contribution in [0.4, 0.5) is 4.79 Å². The highest BCUT2D eigenvalue weighted by atomic mass is 16.5. The molecule has 0 fully saturated rings. The molecule has 0 unspecified atom stereocenters.